The fraction of sp³-hybridized carbons (Fsp3) is 0.353. The minimum Gasteiger partial charge on any atom is -0.349 e. The van der Waals surface area contributed by atoms with E-state index in [0.717, 1.165) is 23.3 Å². The number of carbonyl (C=O) groups excluding carboxylic acids is 1. The van der Waals surface area contributed by atoms with Crippen LogP contribution in [0.4, 0.5) is 0 Å². The minimum absolute atomic E-state index is 0.0559. The quantitative estimate of drug-likeness (QED) is 0.819. The highest BCUT2D eigenvalue weighted by molar-refractivity contribution is 7.89. The topological polar surface area (TPSA) is 66.5 Å². The number of rotatable bonds is 7. The summed E-state index contributed by atoms with van der Waals surface area (Å²) in [4.78, 5) is 12.7. The Balaban J connectivity index is 2.14. The summed E-state index contributed by atoms with van der Waals surface area (Å²) in [6.07, 6.45) is 0.822. The van der Waals surface area contributed by atoms with E-state index in [2.05, 4.69) is 5.32 Å². The van der Waals surface area contributed by atoms with E-state index >= 15 is 0 Å². The average Bonchev–Trinajstić information content (AvgIpc) is 3.06. The summed E-state index contributed by atoms with van der Waals surface area (Å²) in [5, 5.41) is 4.36. The molecule has 1 heterocycles. The van der Waals surface area contributed by atoms with Crippen molar-refractivity contribution in [2.24, 2.45) is 0 Å². The summed E-state index contributed by atoms with van der Waals surface area (Å²) in [6.45, 7) is 4.18. The van der Waals surface area contributed by atoms with Crippen molar-refractivity contribution in [3.8, 4) is 0 Å². The zero-order chi connectivity index (χ0) is 17.7. The molecule has 0 spiro atoms. The fourth-order valence-electron chi connectivity index (χ4n) is 2.08. The van der Waals surface area contributed by atoms with Gasteiger partial charge in [-0.1, -0.05) is 37.3 Å². The molecule has 0 aliphatic rings. The van der Waals surface area contributed by atoms with Gasteiger partial charge in [0.15, 0.2) is 0 Å². The third-order valence-electron chi connectivity index (χ3n) is 3.75. The van der Waals surface area contributed by atoms with Crippen LogP contribution in [0.1, 0.15) is 35.5 Å². The van der Waals surface area contributed by atoms with Crippen molar-refractivity contribution in [1.82, 2.24) is 9.62 Å². The molecule has 0 bridgehead atoms. The van der Waals surface area contributed by atoms with Gasteiger partial charge in [0.2, 0.25) is 10.0 Å². The third kappa shape index (κ3) is 4.43. The lowest BCUT2D eigenvalue weighted by Gasteiger charge is -2.16. The Labute approximate surface area is 147 Å². The summed E-state index contributed by atoms with van der Waals surface area (Å²) < 4.78 is 26.6. The van der Waals surface area contributed by atoms with Crippen molar-refractivity contribution in [2.45, 2.75) is 37.8 Å². The molecule has 0 saturated carbocycles. The summed E-state index contributed by atoms with van der Waals surface area (Å²) in [5.41, 5.74) is 0.911. The normalized spacial score (nSPS) is 13.0. The molecule has 7 heteroatoms. The molecule has 0 unspecified atom stereocenters. The molecule has 0 aliphatic carbocycles. The molecule has 1 aromatic heterocycles. The molecule has 0 saturated heterocycles. The van der Waals surface area contributed by atoms with Gasteiger partial charge in [0.05, 0.1) is 9.77 Å². The van der Waals surface area contributed by atoms with Crippen LogP contribution in [0, 0.1) is 0 Å². The van der Waals surface area contributed by atoms with E-state index in [1.54, 1.807) is 7.05 Å². The summed E-state index contributed by atoms with van der Waals surface area (Å²) in [7, 11) is -2.08. The van der Waals surface area contributed by atoms with E-state index in [-0.39, 0.29) is 23.4 Å². The minimum atomic E-state index is -3.62. The van der Waals surface area contributed by atoms with Crippen LogP contribution < -0.4 is 5.32 Å². The van der Waals surface area contributed by atoms with E-state index in [1.165, 1.54) is 15.8 Å². The van der Waals surface area contributed by atoms with Crippen LogP contribution in [-0.2, 0) is 16.6 Å². The molecule has 0 fully saturated rings. The van der Waals surface area contributed by atoms with Gasteiger partial charge in [-0.15, -0.1) is 11.3 Å². The van der Waals surface area contributed by atoms with E-state index in [0.29, 0.717) is 4.88 Å². The first kappa shape index (κ1) is 18.6. The van der Waals surface area contributed by atoms with Crippen LogP contribution in [0.15, 0.2) is 46.7 Å². The third-order valence-corrected chi connectivity index (χ3v) is 6.60. The van der Waals surface area contributed by atoms with Crippen LogP contribution in [0.5, 0.6) is 0 Å². The van der Waals surface area contributed by atoms with Gasteiger partial charge < -0.3 is 5.32 Å². The molecule has 1 aromatic carbocycles. The molecule has 5 nitrogen and oxygen atoms in total. The fourth-order valence-corrected chi connectivity index (χ4v) is 4.40. The Bertz CT molecular complexity index is 785. The van der Waals surface area contributed by atoms with Gasteiger partial charge in [-0.05, 0) is 25.0 Å². The first-order valence-electron chi connectivity index (χ1n) is 7.74. The number of hydrogen-bond donors (Lipinski definition) is 1. The lowest BCUT2D eigenvalue weighted by atomic mass is 10.2. The molecular formula is C17H22N2O3S2. The smallest absolute Gasteiger partial charge is 0.261 e. The zero-order valence-corrected chi connectivity index (χ0v) is 15.7. The van der Waals surface area contributed by atoms with Gasteiger partial charge in [-0.25, -0.2) is 8.42 Å². The van der Waals surface area contributed by atoms with Crippen LogP contribution in [0.2, 0.25) is 0 Å². The number of benzene rings is 1. The second-order valence-corrected chi connectivity index (χ2v) is 8.63. The Hall–Kier alpha value is -1.70. The van der Waals surface area contributed by atoms with Crippen molar-refractivity contribution in [3.63, 3.8) is 0 Å². The first-order valence-corrected chi connectivity index (χ1v) is 10.1. The predicted octanol–water partition coefficient (Wildman–Crippen LogP) is 3.10. The maximum Gasteiger partial charge on any atom is 0.261 e. The Morgan fingerprint density at radius 1 is 1.29 bits per heavy atom. The van der Waals surface area contributed by atoms with Crippen LogP contribution in [0.3, 0.4) is 0 Å². The molecule has 2 rings (SSSR count). The Morgan fingerprint density at radius 2 is 1.96 bits per heavy atom. The molecule has 0 aliphatic heterocycles. The highest BCUT2D eigenvalue weighted by Gasteiger charge is 2.24. The summed E-state index contributed by atoms with van der Waals surface area (Å²) in [6, 6.07) is 10.9. The Morgan fingerprint density at radius 3 is 2.58 bits per heavy atom. The molecule has 130 valence electrons. The highest BCUT2D eigenvalue weighted by Crippen LogP contribution is 2.23. The second kappa shape index (κ2) is 7.92. The van der Waals surface area contributed by atoms with E-state index in [1.807, 2.05) is 44.2 Å². The van der Waals surface area contributed by atoms with Crippen molar-refractivity contribution in [3.05, 3.63) is 52.2 Å². The largest absolute Gasteiger partial charge is 0.349 e. The van der Waals surface area contributed by atoms with Gasteiger partial charge in [-0.2, -0.15) is 4.31 Å². The number of nitrogens with zero attached hydrogens (tertiary/aromatic N) is 1. The standard InChI is InChI=1S/C17H22N2O3S2/c1-4-13(2)18-17(20)16-10-15(12-23-16)24(21,22)19(3)11-14-8-6-5-7-9-14/h5-10,12-13H,4,11H2,1-3H3,(H,18,20)/t13-/m0/s1. The van der Waals surface area contributed by atoms with Crippen LogP contribution in [0.25, 0.3) is 0 Å². The molecule has 1 atom stereocenters. The molecule has 2 aromatic rings. The van der Waals surface area contributed by atoms with Gasteiger partial charge in [0, 0.05) is 25.0 Å². The average molecular weight is 367 g/mol. The monoisotopic (exact) mass is 366 g/mol. The molecule has 1 amide bonds. The van der Waals surface area contributed by atoms with Crippen LogP contribution in [-0.4, -0.2) is 31.7 Å². The van der Waals surface area contributed by atoms with E-state index in [4.69, 9.17) is 0 Å². The van der Waals surface area contributed by atoms with Crippen molar-refractivity contribution in [2.75, 3.05) is 7.05 Å². The lowest BCUT2D eigenvalue weighted by molar-refractivity contribution is 0.0943. The number of amides is 1. The van der Waals surface area contributed by atoms with Crippen molar-refractivity contribution in [1.29, 1.82) is 0 Å². The zero-order valence-electron chi connectivity index (χ0n) is 14.0. The lowest BCUT2D eigenvalue weighted by Crippen LogP contribution is -2.31. The Kier molecular flexibility index (Phi) is 6.15. The van der Waals surface area contributed by atoms with Crippen molar-refractivity contribution < 1.29 is 13.2 Å². The van der Waals surface area contributed by atoms with Gasteiger partial charge >= 0.3 is 0 Å². The first-order chi connectivity index (χ1) is 11.3. The van der Waals surface area contributed by atoms with Gasteiger partial charge in [0.1, 0.15) is 0 Å². The van der Waals surface area contributed by atoms with Crippen molar-refractivity contribution >= 4 is 27.3 Å². The van der Waals surface area contributed by atoms with E-state index < -0.39 is 10.0 Å². The maximum absolute atomic E-state index is 12.7. The summed E-state index contributed by atoms with van der Waals surface area (Å²) in [5.74, 6) is -0.235. The molecular weight excluding hydrogens is 344 g/mol. The number of carbonyl (C=O) groups is 1. The van der Waals surface area contributed by atoms with Gasteiger partial charge in [0.25, 0.3) is 5.91 Å². The number of nitrogens with one attached hydrogen (secondary N) is 1. The summed E-state index contributed by atoms with van der Waals surface area (Å²) >= 11 is 1.14. The number of hydrogen-bond acceptors (Lipinski definition) is 4. The van der Waals surface area contributed by atoms with Crippen LogP contribution >= 0.6 is 11.3 Å². The van der Waals surface area contributed by atoms with E-state index in [9.17, 15) is 13.2 Å². The number of sulfonamides is 1. The predicted molar refractivity (Wildman–Crippen MR) is 96.6 cm³/mol. The second-order valence-electron chi connectivity index (χ2n) is 5.68. The number of thiophene rings is 1. The maximum atomic E-state index is 12.7. The highest BCUT2D eigenvalue weighted by atomic mass is 32.2. The SMILES string of the molecule is CC[C@H](C)NC(=O)c1cc(S(=O)(=O)N(C)Cc2ccccc2)cs1. The molecule has 1 N–H and O–H groups in total. The van der Waals surface area contributed by atoms with Gasteiger partial charge in [-0.3, -0.25) is 4.79 Å². The molecule has 0 radical (unpaired) electrons. The molecule has 24 heavy (non-hydrogen) atoms.